The summed E-state index contributed by atoms with van der Waals surface area (Å²) in [6.45, 7) is 2.34. The van der Waals surface area contributed by atoms with Gasteiger partial charge in [-0.05, 0) is 30.3 Å². The quantitative estimate of drug-likeness (QED) is 0.828. The van der Waals surface area contributed by atoms with E-state index in [1.54, 1.807) is 11.0 Å². The number of rotatable bonds is 4. The standard InChI is InChI=1S/C19H19BrFN3O2/c20-14-6-7-17(21)16(12-14)19(26)24-10-8-23(9-11-24)13-18(25)22-15-4-2-1-3-5-15/h1-7,12H,8-11,13H2,(H,22,25). The molecule has 1 saturated heterocycles. The third-order valence-corrected chi connectivity index (χ3v) is 4.74. The Morgan fingerprint density at radius 3 is 2.42 bits per heavy atom. The summed E-state index contributed by atoms with van der Waals surface area (Å²) in [6, 6.07) is 13.6. The molecule has 1 fully saturated rings. The van der Waals surface area contributed by atoms with E-state index in [9.17, 15) is 14.0 Å². The monoisotopic (exact) mass is 419 g/mol. The minimum Gasteiger partial charge on any atom is -0.336 e. The van der Waals surface area contributed by atoms with Crippen molar-refractivity contribution in [2.24, 2.45) is 0 Å². The molecule has 0 bridgehead atoms. The molecule has 2 aromatic carbocycles. The van der Waals surface area contributed by atoms with Gasteiger partial charge < -0.3 is 10.2 Å². The molecule has 1 aliphatic heterocycles. The van der Waals surface area contributed by atoms with Crippen molar-refractivity contribution in [1.29, 1.82) is 0 Å². The summed E-state index contributed by atoms with van der Waals surface area (Å²) in [5.41, 5.74) is 0.825. The molecule has 136 valence electrons. The number of amides is 2. The van der Waals surface area contributed by atoms with Crippen molar-refractivity contribution in [1.82, 2.24) is 9.80 Å². The Balaban J connectivity index is 1.51. The molecule has 1 aliphatic rings. The Hall–Kier alpha value is -2.25. The number of hydrogen-bond donors (Lipinski definition) is 1. The van der Waals surface area contributed by atoms with Crippen molar-refractivity contribution in [2.45, 2.75) is 0 Å². The molecule has 1 heterocycles. The van der Waals surface area contributed by atoms with E-state index < -0.39 is 5.82 Å². The lowest BCUT2D eigenvalue weighted by molar-refractivity contribution is -0.117. The van der Waals surface area contributed by atoms with Crippen LogP contribution in [0.3, 0.4) is 0 Å². The van der Waals surface area contributed by atoms with Crippen LogP contribution in [0, 0.1) is 5.82 Å². The van der Waals surface area contributed by atoms with E-state index >= 15 is 0 Å². The van der Waals surface area contributed by atoms with Crippen LogP contribution >= 0.6 is 15.9 Å². The maximum atomic E-state index is 13.9. The molecule has 0 spiro atoms. The lowest BCUT2D eigenvalue weighted by atomic mass is 10.1. The number of para-hydroxylation sites is 1. The molecule has 3 rings (SSSR count). The fourth-order valence-electron chi connectivity index (χ4n) is 2.87. The second-order valence-corrected chi connectivity index (χ2v) is 7.02. The molecular formula is C19H19BrFN3O2. The zero-order valence-electron chi connectivity index (χ0n) is 14.1. The van der Waals surface area contributed by atoms with Gasteiger partial charge in [0.15, 0.2) is 0 Å². The predicted octanol–water partition coefficient (Wildman–Crippen LogP) is 2.98. The fraction of sp³-hybridized carbons (Fsp3) is 0.263. The van der Waals surface area contributed by atoms with Crippen LogP contribution in [0.25, 0.3) is 0 Å². The molecule has 0 atom stereocenters. The first-order valence-corrected chi connectivity index (χ1v) is 9.14. The lowest BCUT2D eigenvalue weighted by Crippen LogP contribution is -2.50. The number of carbonyl (C=O) groups is 2. The summed E-state index contributed by atoms with van der Waals surface area (Å²) in [5, 5.41) is 2.85. The Labute approximate surface area is 159 Å². The zero-order chi connectivity index (χ0) is 18.5. The van der Waals surface area contributed by atoms with Gasteiger partial charge in [-0.25, -0.2) is 4.39 Å². The number of anilines is 1. The average molecular weight is 420 g/mol. The smallest absolute Gasteiger partial charge is 0.256 e. The highest BCUT2D eigenvalue weighted by Crippen LogP contribution is 2.18. The maximum absolute atomic E-state index is 13.9. The highest BCUT2D eigenvalue weighted by Gasteiger charge is 2.25. The first kappa shape index (κ1) is 18.5. The van der Waals surface area contributed by atoms with Gasteiger partial charge in [-0.15, -0.1) is 0 Å². The molecule has 0 unspecified atom stereocenters. The van der Waals surface area contributed by atoms with Crippen LogP contribution in [-0.4, -0.2) is 54.3 Å². The Morgan fingerprint density at radius 1 is 1.04 bits per heavy atom. The molecule has 5 nitrogen and oxygen atoms in total. The average Bonchev–Trinajstić information content (AvgIpc) is 2.64. The van der Waals surface area contributed by atoms with E-state index in [-0.39, 0.29) is 23.9 Å². The van der Waals surface area contributed by atoms with Crippen LogP contribution in [0.5, 0.6) is 0 Å². The van der Waals surface area contributed by atoms with E-state index in [2.05, 4.69) is 21.2 Å². The molecule has 2 aromatic rings. The largest absolute Gasteiger partial charge is 0.336 e. The molecule has 2 amide bonds. The zero-order valence-corrected chi connectivity index (χ0v) is 15.7. The molecule has 26 heavy (non-hydrogen) atoms. The van der Waals surface area contributed by atoms with Crippen molar-refractivity contribution in [3.63, 3.8) is 0 Å². The predicted molar refractivity (Wildman–Crippen MR) is 102 cm³/mol. The minimum absolute atomic E-state index is 0.0645. The number of nitrogens with zero attached hydrogens (tertiary/aromatic N) is 2. The topological polar surface area (TPSA) is 52.7 Å². The van der Waals surface area contributed by atoms with E-state index in [1.807, 2.05) is 35.2 Å². The maximum Gasteiger partial charge on any atom is 0.256 e. The van der Waals surface area contributed by atoms with Gasteiger partial charge in [0.05, 0.1) is 12.1 Å². The van der Waals surface area contributed by atoms with Crippen molar-refractivity contribution in [3.8, 4) is 0 Å². The first-order valence-electron chi connectivity index (χ1n) is 8.34. The van der Waals surface area contributed by atoms with Crippen molar-refractivity contribution < 1.29 is 14.0 Å². The number of hydrogen-bond acceptors (Lipinski definition) is 3. The summed E-state index contributed by atoms with van der Waals surface area (Å²) in [6.07, 6.45) is 0. The third kappa shape index (κ3) is 4.68. The summed E-state index contributed by atoms with van der Waals surface area (Å²) >= 11 is 3.26. The van der Waals surface area contributed by atoms with Crippen LogP contribution in [-0.2, 0) is 4.79 Å². The second kappa shape index (κ2) is 8.42. The van der Waals surface area contributed by atoms with Crippen LogP contribution in [0.15, 0.2) is 53.0 Å². The molecule has 7 heteroatoms. The number of carbonyl (C=O) groups excluding carboxylic acids is 2. The molecule has 0 aliphatic carbocycles. The van der Waals surface area contributed by atoms with Gasteiger partial charge in [-0.1, -0.05) is 34.1 Å². The highest BCUT2D eigenvalue weighted by atomic mass is 79.9. The summed E-state index contributed by atoms with van der Waals surface area (Å²) in [4.78, 5) is 28.2. The lowest BCUT2D eigenvalue weighted by Gasteiger charge is -2.34. The minimum atomic E-state index is -0.525. The van der Waals surface area contributed by atoms with E-state index in [4.69, 9.17) is 0 Å². The summed E-state index contributed by atoms with van der Waals surface area (Å²) in [7, 11) is 0. The Bertz CT molecular complexity index is 793. The normalized spacial score (nSPS) is 14.9. The number of piperazine rings is 1. The van der Waals surface area contributed by atoms with Crippen molar-refractivity contribution in [3.05, 3.63) is 64.4 Å². The van der Waals surface area contributed by atoms with E-state index in [1.165, 1.54) is 12.1 Å². The van der Waals surface area contributed by atoms with Gasteiger partial charge in [0, 0.05) is 36.3 Å². The number of benzene rings is 2. The number of nitrogens with one attached hydrogen (secondary N) is 1. The third-order valence-electron chi connectivity index (χ3n) is 4.24. The van der Waals surface area contributed by atoms with E-state index in [0.29, 0.717) is 30.7 Å². The van der Waals surface area contributed by atoms with Gasteiger partial charge in [0.1, 0.15) is 5.82 Å². The summed E-state index contributed by atoms with van der Waals surface area (Å²) < 4.78 is 14.6. The van der Waals surface area contributed by atoms with Gasteiger partial charge in [0.25, 0.3) is 5.91 Å². The van der Waals surface area contributed by atoms with E-state index in [0.717, 1.165) is 5.69 Å². The van der Waals surface area contributed by atoms with Crippen LogP contribution in [0.1, 0.15) is 10.4 Å². The second-order valence-electron chi connectivity index (χ2n) is 6.11. The Kier molecular flexibility index (Phi) is 6.00. The molecular weight excluding hydrogens is 401 g/mol. The molecule has 0 radical (unpaired) electrons. The van der Waals surface area contributed by atoms with Crippen LogP contribution < -0.4 is 5.32 Å². The van der Waals surface area contributed by atoms with Crippen LogP contribution in [0.2, 0.25) is 0 Å². The molecule has 1 N–H and O–H groups in total. The molecule has 0 aromatic heterocycles. The first-order chi connectivity index (χ1) is 12.5. The SMILES string of the molecule is O=C(CN1CCN(C(=O)c2cc(Br)ccc2F)CC1)Nc1ccccc1. The molecule has 0 saturated carbocycles. The van der Waals surface area contributed by atoms with Crippen molar-refractivity contribution >= 4 is 33.4 Å². The van der Waals surface area contributed by atoms with Crippen LogP contribution in [0.4, 0.5) is 10.1 Å². The summed E-state index contributed by atoms with van der Waals surface area (Å²) in [5.74, 6) is -0.936. The van der Waals surface area contributed by atoms with Gasteiger partial charge in [-0.3, -0.25) is 14.5 Å². The fourth-order valence-corrected chi connectivity index (χ4v) is 3.23. The van der Waals surface area contributed by atoms with Gasteiger partial charge in [-0.2, -0.15) is 0 Å². The highest BCUT2D eigenvalue weighted by molar-refractivity contribution is 9.10. The van der Waals surface area contributed by atoms with Gasteiger partial charge in [0.2, 0.25) is 5.91 Å². The number of halogens is 2. The Morgan fingerprint density at radius 2 is 1.73 bits per heavy atom. The van der Waals surface area contributed by atoms with Gasteiger partial charge >= 0.3 is 0 Å². The van der Waals surface area contributed by atoms with Crippen molar-refractivity contribution in [2.75, 3.05) is 38.0 Å².